The summed E-state index contributed by atoms with van der Waals surface area (Å²) in [5, 5.41) is 3.16. The highest BCUT2D eigenvalue weighted by Gasteiger charge is 2.59. The van der Waals surface area contributed by atoms with E-state index in [2.05, 4.69) is 15.2 Å². The standard InChI is InChI=1S/C41H46F2N6O7/c1-10-54-36(51)25-19-47(8)35-23(34(25)50)13-21(17-45-35)24-18-44-27-14-22-28(48(9)38(53)56-40(5,6)7)15-26(42)32(43)30(22)31(27)33(24)49-12-11-41(20-49)16-29(41)46-37(52)55-39(2,3)4/h13,15,17-19,29H,10-12,14,16,20H2,1-9H3,(H,46,52)/t29-,41?/m1/s1. The van der Waals surface area contributed by atoms with Gasteiger partial charge in [-0.05, 0) is 72.9 Å². The van der Waals surface area contributed by atoms with Crippen molar-refractivity contribution in [3.8, 4) is 22.3 Å². The van der Waals surface area contributed by atoms with Crippen molar-refractivity contribution >= 4 is 40.6 Å². The van der Waals surface area contributed by atoms with Crippen LogP contribution in [0.5, 0.6) is 0 Å². The molecule has 56 heavy (non-hydrogen) atoms. The molecule has 1 N–H and O–H groups in total. The van der Waals surface area contributed by atoms with Gasteiger partial charge in [-0.1, -0.05) is 0 Å². The number of pyridine rings is 3. The number of halogens is 2. The van der Waals surface area contributed by atoms with E-state index in [0.717, 1.165) is 6.07 Å². The number of carbonyl (C=O) groups is 3. The minimum Gasteiger partial charge on any atom is -0.462 e. The van der Waals surface area contributed by atoms with Crippen molar-refractivity contribution < 1.29 is 37.4 Å². The number of aryl methyl sites for hydroxylation is 1. The summed E-state index contributed by atoms with van der Waals surface area (Å²) in [6.45, 7) is 13.2. The smallest absolute Gasteiger partial charge is 0.414 e. The van der Waals surface area contributed by atoms with Crippen LogP contribution in [0.4, 0.5) is 29.7 Å². The van der Waals surface area contributed by atoms with Gasteiger partial charge in [0, 0.05) is 92.0 Å². The molecule has 1 saturated carbocycles. The van der Waals surface area contributed by atoms with Crippen LogP contribution >= 0.6 is 0 Å². The zero-order chi connectivity index (χ0) is 40.6. The minimum atomic E-state index is -1.15. The summed E-state index contributed by atoms with van der Waals surface area (Å²) in [4.78, 5) is 65.1. The van der Waals surface area contributed by atoms with E-state index in [1.165, 1.54) is 18.1 Å². The van der Waals surface area contributed by atoms with Crippen LogP contribution in [-0.4, -0.2) is 76.7 Å². The molecule has 0 radical (unpaired) electrons. The number of ether oxygens (including phenoxy) is 3. The van der Waals surface area contributed by atoms with Crippen LogP contribution in [0.1, 0.15) is 82.9 Å². The monoisotopic (exact) mass is 772 g/mol. The molecule has 15 heteroatoms. The van der Waals surface area contributed by atoms with Crippen LogP contribution in [0, 0.1) is 17.0 Å². The van der Waals surface area contributed by atoms with Crippen molar-refractivity contribution in [2.45, 2.75) is 85.0 Å². The number of carbonyl (C=O) groups excluding carboxylic acids is 3. The molecule has 2 amide bonds. The lowest BCUT2D eigenvalue weighted by Crippen LogP contribution is -2.36. The molecule has 3 aromatic heterocycles. The van der Waals surface area contributed by atoms with E-state index in [4.69, 9.17) is 19.2 Å². The fraction of sp³-hybridized carbons (Fsp3) is 0.463. The van der Waals surface area contributed by atoms with Gasteiger partial charge in [0.2, 0.25) is 5.43 Å². The maximum absolute atomic E-state index is 16.4. The molecule has 1 saturated heterocycles. The summed E-state index contributed by atoms with van der Waals surface area (Å²) in [6, 6.07) is 2.45. The number of hydrogen-bond donors (Lipinski definition) is 1. The van der Waals surface area contributed by atoms with Gasteiger partial charge in [-0.15, -0.1) is 0 Å². The molecule has 1 spiro atoms. The molecular weight excluding hydrogens is 726 g/mol. The van der Waals surface area contributed by atoms with Crippen molar-refractivity contribution in [2.75, 3.05) is 36.5 Å². The Kier molecular flexibility index (Phi) is 9.36. The third-order valence-electron chi connectivity index (χ3n) is 10.5. The third kappa shape index (κ3) is 6.92. The first kappa shape index (κ1) is 38.7. The molecule has 7 rings (SSSR count). The number of hydrogen-bond acceptors (Lipinski definition) is 10. The molecule has 296 valence electrons. The molecular formula is C41H46F2N6O7. The van der Waals surface area contributed by atoms with Crippen molar-refractivity contribution in [3.63, 3.8) is 0 Å². The summed E-state index contributed by atoms with van der Waals surface area (Å²) in [5.74, 6) is -3.00. The van der Waals surface area contributed by atoms with E-state index in [9.17, 15) is 19.2 Å². The van der Waals surface area contributed by atoms with Crippen LogP contribution < -0.4 is 20.5 Å². The Hall–Kier alpha value is -5.60. The maximum atomic E-state index is 16.4. The first-order valence-electron chi connectivity index (χ1n) is 18.6. The first-order chi connectivity index (χ1) is 26.2. The molecule has 2 aliphatic carbocycles. The Morgan fingerprint density at radius 2 is 1.75 bits per heavy atom. The number of rotatable bonds is 6. The van der Waals surface area contributed by atoms with Crippen molar-refractivity contribution in [1.29, 1.82) is 0 Å². The highest BCUT2D eigenvalue weighted by molar-refractivity contribution is 6.00. The molecule has 2 fully saturated rings. The second-order valence-corrected chi connectivity index (χ2v) is 16.8. The number of anilines is 2. The van der Waals surface area contributed by atoms with Gasteiger partial charge in [0.05, 0.1) is 29.1 Å². The van der Waals surface area contributed by atoms with Crippen molar-refractivity contribution in [2.24, 2.45) is 12.5 Å². The maximum Gasteiger partial charge on any atom is 0.414 e. The zero-order valence-corrected chi connectivity index (χ0v) is 33.1. The number of benzene rings is 1. The largest absolute Gasteiger partial charge is 0.462 e. The number of fused-ring (bicyclic) bond motifs is 4. The SMILES string of the molecule is CCOC(=O)c1cn(C)c2ncc(-c3cnc4c(c3N3CCC5(C[C@H]5NC(=O)OC(C)(C)C)C3)-c3c(F)c(F)cc(N(C)C(=O)OC(C)(C)C)c3C4)cc2c1=O. The Balaban J connectivity index is 1.39. The molecule has 4 heterocycles. The van der Waals surface area contributed by atoms with E-state index in [0.29, 0.717) is 65.2 Å². The Labute approximate surface area is 322 Å². The molecule has 0 bridgehead atoms. The van der Waals surface area contributed by atoms with Gasteiger partial charge in [-0.3, -0.25) is 14.7 Å². The molecule has 1 aromatic carbocycles. The lowest BCUT2D eigenvalue weighted by atomic mass is 9.96. The summed E-state index contributed by atoms with van der Waals surface area (Å²) in [6.07, 6.45) is 4.82. The van der Waals surface area contributed by atoms with E-state index in [1.807, 2.05) is 0 Å². The summed E-state index contributed by atoms with van der Waals surface area (Å²) in [7, 11) is 3.12. The number of amides is 2. The van der Waals surface area contributed by atoms with Crippen molar-refractivity contribution in [3.05, 3.63) is 69.4 Å². The fourth-order valence-electron chi connectivity index (χ4n) is 7.87. The summed E-state index contributed by atoms with van der Waals surface area (Å²) >= 11 is 0. The topological polar surface area (TPSA) is 145 Å². The number of aromatic nitrogens is 3. The van der Waals surface area contributed by atoms with Gasteiger partial charge >= 0.3 is 18.2 Å². The lowest BCUT2D eigenvalue weighted by Gasteiger charge is -2.27. The van der Waals surface area contributed by atoms with Crippen molar-refractivity contribution in [1.82, 2.24) is 19.9 Å². The van der Waals surface area contributed by atoms with Crippen LogP contribution in [0.3, 0.4) is 0 Å². The van der Waals surface area contributed by atoms with Gasteiger partial charge in [0.1, 0.15) is 22.4 Å². The third-order valence-corrected chi connectivity index (χ3v) is 10.5. The predicted molar refractivity (Wildman–Crippen MR) is 206 cm³/mol. The van der Waals surface area contributed by atoms with Gasteiger partial charge in [0.15, 0.2) is 11.6 Å². The molecule has 3 aliphatic rings. The van der Waals surface area contributed by atoms with E-state index in [1.54, 1.807) is 78.5 Å². The Morgan fingerprint density at radius 3 is 2.43 bits per heavy atom. The van der Waals surface area contributed by atoms with Gasteiger partial charge in [0.25, 0.3) is 0 Å². The molecule has 2 atom stereocenters. The summed E-state index contributed by atoms with van der Waals surface area (Å²) in [5.41, 5.74) is 0.600. The second-order valence-electron chi connectivity index (χ2n) is 16.8. The fourth-order valence-corrected chi connectivity index (χ4v) is 7.87. The second kappa shape index (κ2) is 13.6. The van der Waals surface area contributed by atoms with Gasteiger partial charge in [-0.2, -0.15) is 0 Å². The Morgan fingerprint density at radius 1 is 1.04 bits per heavy atom. The highest BCUT2D eigenvalue weighted by Crippen LogP contribution is 2.57. The highest BCUT2D eigenvalue weighted by atomic mass is 19.2. The van der Waals surface area contributed by atoms with Gasteiger partial charge in [-0.25, -0.2) is 28.1 Å². The lowest BCUT2D eigenvalue weighted by molar-refractivity contribution is 0.0509. The number of esters is 1. The Bertz CT molecular complexity index is 2380. The van der Waals surface area contributed by atoms with Gasteiger partial charge < -0.3 is 29.0 Å². The number of nitrogens with one attached hydrogen (secondary N) is 1. The predicted octanol–water partition coefficient (Wildman–Crippen LogP) is 6.89. The number of alkyl carbamates (subject to hydrolysis) is 1. The van der Waals surface area contributed by atoms with Crippen LogP contribution in [0.25, 0.3) is 33.3 Å². The molecule has 1 aliphatic heterocycles. The van der Waals surface area contributed by atoms with Crippen LogP contribution in [-0.2, 0) is 27.7 Å². The molecule has 13 nitrogen and oxygen atoms in total. The zero-order valence-electron chi connectivity index (χ0n) is 33.1. The average Bonchev–Trinajstić information content (AvgIpc) is 3.39. The normalized spacial score (nSPS) is 18.5. The van der Waals surface area contributed by atoms with Crippen LogP contribution in [0.2, 0.25) is 0 Å². The van der Waals surface area contributed by atoms with Crippen LogP contribution in [0.15, 0.2) is 35.5 Å². The summed E-state index contributed by atoms with van der Waals surface area (Å²) < 4.78 is 49.9. The first-order valence-corrected chi connectivity index (χ1v) is 18.6. The quantitative estimate of drug-likeness (QED) is 0.143. The average molecular weight is 773 g/mol. The van der Waals surface area contributed by atoms with E-state index >= 15 is 8.78 Å². The molecule has 4 aromatic rings. The number of nitrogens with zero attached hydrogens (tertiary/aromatic N) is 5. The molecule has 1 unspecified atom stereocenters. The van der Waals surface area contributed by atoms with E-state index in [-0.39, 0.29) is 46.7 Å². The van der Waals surface area contributed by atoms with E-state index < -0.39 is 46.4 Å². The minimum absolute atomic E-state index is 0.0239.